The minimum atomic E-state index is -5.77. The minimum absolute atomic E-state index is 0.103. The van der Waals surface area contributed by atoms with Gasteiger partial charge in [0.1, 0.15) is 18.0 Å². The second kappa shape index (κ2) is 18.0. The van der Waals surface area contributed by atoms with Crippen LogP contribution in [0.4, 0.5) is 43.7 Å². The molecule has 1 aromatic heterocycles. The van der Waals surface area contributed by atoms with Crippen molar-refractivity contribution in [1.29, 1.82) is 0 Å². The number of rotatable bonds is 12. The Labute approximate surface area is 301 Å². The van der Waals surface area contributed by atoms with Crippen LogP contribution in [0.3, 0.4) is 0 Å². The first-order valence-electron chi connectivity index (χ1n) is 17.0. The van der Waals surface area contributed by atoms with E-state index in [-0.39, 0.29) is 18.9 Å². The van der Waals surface area contributed by atoms with Crippen LogP contribution >= 0.6 is 0 Å². The van der Waals surface area contributed by atoms with Crippen molar-refractivity contribution in [2.45, 2.75) is 70.3 Å². The number of aromatic nitrogens is 2. The van der Waals surface area contributed by atoms with Gasteiger partial charge in [0.05, 0.1) is 5.92 Å². The van der Waals surface area contributed by atoms with Gasteiger partial charge in [0.2, 0.25) is 5.91 Å². The lowest BCUT2D eigenvalue weighted by Crippen LogP contribution is -2.39. The maximum absolute atomic E-state index is 12.5. The number of fused-ring (bicyclic) bond motifs is 1. The summed E-state index contributed by atoms with van der Waals surface area (Å²) in [6, 6.07) is 16.5. The van der Waals surface area contributed by atoms with Gasteiger partial charge in [-0.2, -0.15) is 26.3 Å². The number of ketones is 2. The van der Waals surface area contributed by atoms with E-state index in [2.05, 4.69) is 55.9 Å². The van der Waals surface area contributed by atoms with Crippen LogP contribution in [0, 0.1) is 5.92 Å². The smallest absolute Gasteiger partial charge is 0.458 e. The van der Waals surface area contributed by atoms with E-state index in [9.17, 15) is 50.6 Å². The zero-order valence-corrected chi connectivity index (χ0v) is 28.8. The van der Waals surface area contributed by atoms with Gasteiger partial charge in [-0.25, -0.2) is 9.97 Å². The van der Waals surface area contributed by atoms with Crippen molar-refractivity contribution in [3.63, 3.8) is 0 Å². The van der Waals surface area contributed by atoms with E-state index in [1.54, 1.807) is 6.33 Å². The van der Waals surface area contributed by atoms with Gasteiger partial charge in [0.25, 0.3) is 0 Å². The summed E-state index contributed by atoms with van der Waals surface area (Å²) in [5.74, 6) is -6.94. The van der Waals surface area contributed by atoms with Crippen LogP contribution in [0.25, 0.3) is 0 Å². The molecule has 2 aliphatic heterocycles. The molecule has 0 unspecified atom stereocenters. The standard InChI is InChI=1S/C32H40N6O3.C4F6O2/c1-2-27-30(35-20-26(32(40)41)18-29(39)34-19-22-7-4-3-5-8-22)36-21-37-31(27)38-15-12-23(13-16-38)25-11-10-24-9-6-14-33-28(24)17-25;5-3(6,7)1(11)2(12)4(8,9)10/h3-5,7-8,10-11,17,21,23,26,33H,2,6,9,12-16,18-20H2,1H3,(H,34,39)(H,40,41)(H,35,36,37);/t26-;/m0./s1. The van der Waals surface area contributed by atoms with Crippen LogP contribution in [0.15, 0.2) is 54.9 Å². The van der Waals surface area contributed by atoms with E-state index in [1.807, 2.05) is 30.3 Å². The first-order valence-corrected chi connectivity index (χ1v) is 17.0. The molecule has 1 fully saturated rings. The van der Waals surface area contributed by atoms with E-state index in [0.29, 0.717) is 24.7 Å². The number of Topliss-reactive ketones (excluding diaryl/α,β-unsaturated/α-hetero) is 2. The Hall–Kier alpha value is -5.22. The lowest BCUT2D eigenvalue weighted by molar-refractivity contribution is -0.193. The summed E-state index contributed by atoms with van der Waals surface area (Å²) >= 11 is 0. The molecule has 1 saturated heterocycles. The van der Waals surface area contributed by atoms with Crippen molar-refractivity contribution in [3.05, 3.63) is 77.1 Å². The summed E-state index contributed by atoms with van der Waals surface area (Å²) in [5, 5.41) is 19.4. The highest BCUT2D eigenvalue weighted by atomic mass is 19.4. The number of aryl methyl sites for hydroxylation is 1. The van der Waals surface area contributed by atoms with Gasteiger partial charge in [-0.1, -0.05) is 49.4 Å². The Kier molecular flexibility index (Phi) is 13.8. The number of carboxylic acid groups (broad SMARTS) is 1. The summed E-state index contributed by atoms with van der Waals surface area (Å²) in [7, 11) is 0. The van der Waals surface area contributed by atoms with E-state index in [4.69, 9.17) is 0 Å². The molecule has 3 heterocycles. The van der Waals surface area contributed by atoms with Gasteiger partial charge in [-0.05, 0) is 60.8 Å². The van der Waals surface area contributed by atoms with E-state index >= 15 is 0 Å². The Balaban J connectivity index is 0.000000450. The third-order valence-corrected chi connectivity index (χ3v) is 8.96. The molecule has 3 aromatic rings. The van der Waals surface area contributed by atoms with Gasteiger partial charge >= 0.3 is 29.9 Å². The van der Waals surface area contributed by atoms with E-state index < -0.39 is 35.8 Å². The average Bonchev–Trinajstić information content (AvgIpc) is 3.14. The second-order valence-corrected chi connectivity index (χ2v) is 12.6. The van der Waals surface area contributed by atoms with Crippen molar-refractivity contribution in [1.82, 2.24) is 15.3 Å². The Morgan fingerprint density at radius 3 is 2.23 bits per heavy atom. The molecule has 4 N–H and O–H groups in total. The quantitative estimate of drug-likeness (QED) is 0.131. The van der Waals surface area contributed by atoms with Crippen LogP contribution in [0.1, 0.15) is 60.8 Å². The largest absolute Gasteiger partial charge is 0.481 e. The van der Waals surface area contributed by atoms with Crippen LogP contribution in [-0.2, 0) is 38.6 Å². The Bertz CT molecular complexity index is 1720. The SMILES string of the molecule is CCc1c(NC[C@H](CC(=O)NCc2ccccc2)C(=O)O)ncnc1N1CCC(c2ccc3c(c2)NCCC3)CC1.O=C(C(=O)C(F)(F)F)C(F)(F)F. The predicted octanol–water partition coefficient (Wildman–Crippen LogP) is 5.85. The molecular formula is C36H40F6N6O5. The average molecular weight is 751 g/mol. The lowest BCUT2D eigenvalue weighted by Gasteiger charge is -2.34. The van der Waals surface area contributed by atoms with Gasteiger partial charge in [0, 0.05) is 50.4 Å². The zero-order chi connectivity index (χ0) is 38.8. The van der Waals surface area contributed by atoms with Gasteiger partial charge < -0.3 is 26.0 Å². The summed E-state index contributed by atoms with van der Waals surface area (Å²) in [4.78, 5) is 55.1. The number of hydrogen-bond acceptors (Lipinski definition) is 9. The second-order valence-electron chi connectivity index (χ2n) is 12.6. The molecule has 11 nitrogen and oxygen atoms in total. The molecule has 0 radical (unpaired) electrons. The number of nitrogens with one attached hydrogen (secondary N) is 3. The molecule has 286 valence electrons. The number of piperidine rings is 1. The molecule has 1 atom stereocenters. The van der Waals surface area contributed by atoms with Gasteiger partial charge in [0.15, 0.2) is 0 Å². The van der Waals surface area contributed by atoms with Crippen molar-refractivity contribution in [3.8, 4) is 0 Å². The number of amides is 1. The monoisotopic (exact) mass is 750 g/mol. The molecule has 1 amide bonds. The maximum atomic E-state index is 12.5. The molecule has 53 heavy (non-hydrogen) atoms. The summed E-state index contributed by atoms with van der Waals surface area (Å²) in [6.07, 6.45) is -4.95. The van der Waals surface area contributed by atoms with E-state index in [1.165, 1.54) is 23.2 Å². The number of anilines is 3. The molecular weight excluding hydrogens is 710 g/mol. The van der Waals surface area contributed by atoms with Gasteiger partial charge in [-0.3, -0.25) is 19.2 Å². The normalized spacial score (nSPS) is 15.2. The van der Waals surface area contributed by atoms with Crippen LogP contribution in [-0.4, -0.2) is 77.0 Å². The van der Waals surface area contributed by atoms with Crippen molar-refractivity contribution >= 4 is 40.8 Å². The molecule has 0 aliphatic carbocycles. The summed E-state index contributed by atoms with van der Waals surface area (Å²) in [5.41, 5.74) is 6.07. The maximum Gasteiger partial charge on any atom is 0.458 e. The number of nitrogens with zero attached hydrogens (tertiary/aromatic N) is 3. The lowest BCUT2D eigenvalue weighted by atomic mass is 9.87. The highest BCUT2D eigenvalue weighted by Gasteiger charge is 2.54. The third-order valence-electron chi connectivity index (χ3n) is 8.96. The zero-order valence-electron chi connectivity index (χ0n) is 28.8. The van der Waals surface area contributed by atoms with E-state index in [0.717, 1.165) is 55.8 Å². The molecule has 2 aliphatic rings. The number of carbonyl (C=O) groups excluding carboxylic acids is 3. The minimum Gasteiger partial charge on any atom is -0.481 e. The van der Waals surface area contributed by atoms with Crippen LogP contribution in [0.2, 0.25) is 0 Å². The number of carboxylic acids is 1. The summed E-state index contributed by atoms with van der Waals surface area (Å²) in [6.45, 7) is 5.38. The van der Waals surface area contributed by atoms with Crippen molar-refractivity contribution in [2.75, 3.05) is 41.7 Å². The molecule has 2 aromatic carbocycles. The fourth-order valence-corrected chi connectivity index (χ4v) is 6.13. The number of aliphatic carboxylic acids is 1. The molecule has 0 bridgehead atoms. The van der Waals surface area contributed by atoms with Crippen molar-refractivity contribution in [2.24, 2.45) is 5.92 Å². The molecule has 17 heteroatoms. The molecule has 0 saturated carbocycles. The number of benzene rings is 2. The van der Waals surface area contributed by atoms with Crippen molar-refractivity contribution < 1.29 is 50.6 Å². The Morgan fingerprint density at radius 1 is 0.962 bits per heavy atom. The number of carbonyl (C=O) groups is 4. The summed E-state index contributed by atoms with van der Waals surface area (Å²) < 4.78 is 67.0. The van der Waals surface area contributed by atoms with Crippen LogP contribution < -0.4 is 20.9 Å². The third kappa shape index (κ3) is 11.4. The highest BCUT2D eigenvalue weighted by Crippen LogP contribution is 2.35. The number of alkyl halides is 6. The highest BCUT2D eigenvalue weighted by molar-refractivity contribution is 6.41. The first-order chi connectivity index (χ1) is 25.1. The fraction of sp³-hybridized carbons (Fsp3) is 0.444. The van der Waals surface area contributed by atoms with Gasteiger partial charge in [-0.15, -0.1) is 0 Å². The van der Waals surface area contributed by atoms with Crippen LogP contribution in [0.5, 0.6) is 0 Å². The first kappa shape index (κ1) is 40.5. The number of hydrogen-bond donors (Lipinski definition) is 4. The predicted molar refractivity (Wildman–Crippen MR) is 183 cm³/mol. The molecule has 0 spiro atoms. The fourth-order valence-electron chi connectivity index (χ4n) is 6.13. The Morgan fingerprint density at radius 2 is 1.62 bits per heavy atom. The molecule has 5 rings (SSSR count). The topological polar surface area (TPSA) is 154 Å². The number of halogens is 6.